The van der Waals surface area contributed by atoms with Crippen LogP contribution in [0.5, 0.6) is 0 Å². The molecule has 1 atom stereocenters. The van der Waals surface area contributed by atoms with Gasteiger partial charge in [-0.3, -0.25) is 0 Å². The number of nitrogens with two attached hydrogens (primary N) is 1. The molecular formula is C12H11ClN2S2. The monoisotopic (exact) mass is 282 g/mol. The zero-order chi connectivity index (χ0) is 12.5. The number of halogens is 1. The predicted octanol–water partition coefficient (Wildman–Crippen LogP) is 3.39. The van der Waals surface area contributed by atoms with Crippen molar-refractivity contribution < 1.29 is 0 Å². The minimum Gasteiger partial charge on any atom is -0.392 e. The number of pyridine rings is 1. The number of rotatable bonds is 3. The summed E-state index contributed by atoms with van der Waals surface area (Å²) in [5.74, 6) is 0. The first-order valence-electron chi connectivity index (χ1n) is 5.02. The van der Waals surface area contributed by atoms with Crippen molar-refractivity contribution in [2.45, 2.75) is 12.3 Å². The smallest absolute Gasteiger partial charge is 0.129 e. The zero-order valence-electron chi connectivity index (χ0n) is 9.18. The van der Waals surface area contributed by atoms with Crippen LogP contribution < -0.4 is 5.73 Å². The Morgan fingerprint density at radius 3 is 2.71 bits per heavy atom. The number of hydrogen-bond acceptors (Lipinski definition) is 3. The molecule has 2 heterocycles. The molecule has 0 aliphatic heterocycles. The number of thiocarbonyl (C=S) groups is 1. The van der Waals surface area contributed by atoms with Crippen LogP contribution in [-0.2, 0) is 5.41 Å². The largest absolute Gasteiger partial charge is 0.392 e. The van der Waals surface area contributed by atoms with Gasteiger partial charge in [0.25, 0.3) is 0 Å². The van der Waals surface area contributed by atoms with E-state index in [0.29, 0.717) is 10.1 Å². The van der Waals surface area contributed by atoms with Gasteiger partial charge >= 0.3 is 0 Å². The van der Waals surface area contributed by atoms with Crippen molar-refractivity contribution in [3.63, 3.8) is 0 Å². The van der Waals surface area contributed by atoms with E-state index in [1.165, 1.54) is 0 Å². The van der Waals surface area contributed by atoms with Gasteiger partial charge in [-0.05, 0) is 30.5 Å². The van der Waals surface area contributed by atoms with Crippen LogP contribution in [0.15, 0.2) is 35.7 Å². The van der Waals surface area contributed by atoms with Crippen molar-refractivity contribution >= 4 is 40.1 Å². The van der Waals surface area contributed by atoms with Crippen LogP contribution in [0.3, 0.4) is 0 Å². The molecule has 2 aromatic rings. The molecule has 0 bridgehead atoms. The van der Waals surface area contributed by atoms with E-state index in [0.717, 1.165) is 10.6 Å². The summed E-state index contributed by atoms with van der Waals surface area (Å²) in [6.07, 6.45) is 0. The van der Waals surface area contributed by atoms with E-state index in [2.05, 4.69) is 4.98 Å². The molecule has 0 saturated carbocycles. The Balaban J connectivity index is 2.60. The Kier molecular flexibility index (Phi) is 3.47. The average molecular weight is 283 g/mol. The third kappa shape index (κ3) is 2.20. The summed E-state index contributed by atoms with van der Waals surface area (Å²) in [6.45, 7) is 1.97. The Morgan fingerprint density at radius 2 is 2.18 bits per heavy atom. The van der Waals surface area contributed by atoms with Crippen LogP contribution in [0.1, 0.15) is 17.5 Å². The fourth-order valence-electron chi connectivity index (χ4n) is 1.62. The standard InChI is InChI=1S/C12H11ClN2S2/c1-12(11(14)16,9-5-3-7-17-9)8-4-2-6-10(13)15-8/h2-7H,1H3,(H2,14,16). The van der Waals surface area contributed by atoms with E-state index in [1.807, 2.05) is 36.6 Å². The summed E-state index contributed by atoms with van der Waals surface area (Å²) >= 11 is 12.7. The van der Waals surface area contributed by atoms with Crippen molar-refractivity contribution in [2.24, 2.45) is 5.73 Å². The van der Waals surface area contributed by atoms with E-state index in [4.69, 9.17) is 29.6 Å². The second kappa shape index (κ2) is 4.72. The number of aromatic nitrogens is 1. The first-order chi connectivity index (χ1) is 8.05. The Morgan fingerprint density at radius 1 is 1.41 bits per heavy atom. The highest BCUT2D eigenvalue weighted by molar-refractivity contribution is 7.80. The molecule has 0 amide bonds. The highest BCUT2D eigenvalue weighted by Gasteiger charge is 2.34. The zero-order valence-corrected chi connectivity index (χ0v) is 11.6. The van der Waals surface area contributed by atoms with Gasteiger partial charge in [-0.1, -0.05) is 36.0 Å². The van der Waals surface area contributed by atoms with Gasteiger partial charge in [0.1, 0.15) is 5.15 Å². The molecule has 0 saturated heterocycles. The van der Waals surface area contributed by atoms with Crippen LogP contribution >= 0.6 is 35.2 Å². The maximum absolute atomic E-state index is 5.93. The molecule has 2 rings (SSSR count). The second-order valence-corrected chi connectivity index (χ2v) is 5.59. The average Bonchev–Trinajstić information content (AvgIpc) is 2.81. The van der Waals surface area contributed by atoms with Gasteiger partial charge in [0.05, 0.1) is 16.1 Å². The van der Waals surface area contributed by atoms with E-state index in [1.54, 1.807) is 17.4 Å². The molecule has 2 nitrogen and oxygen atoms in total. The number of hydrogen-bond donors (Lipinski definition) is 1. The van der Waals surface area contributed by atoms with Crippen molar-refractivity contribution in [3.8, 4) is 0 Å². The van der Waals surface area contributed by atoms with Gasteiger partial charge < -0.3 is 5.73 Å². The summed E-state index contributed by atoms with van der Waals surface area (Å²) in [4.78, 5) is 5.79. The van der Waals surface area contributed by atoms with Gasteiger partial charge in [-0.2, -0.15) is 0 Å². The lowest BCUT2D eigenvalue weighted by Crippen LogP contribution is -2.38. The van der Waals surface area contributed by atoms with Gasteiger partial charge in [-0.15, -0.1) is 11.3 Å². The SMILES string of the molecule is CC(C(N)=S)(c1cccc(Cl)n1)c1cccs1. The number of nitrogens with zero attached hydrogens (tertiary/aromatic N) is 1. The number of thiophene rings is 1. The highest BCUT2D eigenvalue weighted by Crippen LogP contribution is 2.34. The molecule has 1 unspecified atom stereocenters. The minimum absolute atomic E-state index is 0.398. The quantitative estimate of drug-likeness (QED) is 0.693. The summed E-state index contributed by atoms with van der Waals surface area (Å²) in [6, 6.07) is 9.46. The third-order valence-corrected chi connectivity index (χ3v) is 4.44. The first-order valence-corrected chi connectivity index (χ1v) is 6.68. The first kappa shape index (κ1) is 12.5. The van der Waals surface area contributed by atoms with Crippen molar-refractivity contribution in [3.05, 3.63) is 51.4 Å². The van der Waals surface area contributed by atoms with E-state index >= 15 is 0 Å². The van der Waals surface area contributed by atoms with Crippen LogP contribution in [-0.4, -0.2) is 9.97 Å². The molecule has 0 fully saturated rings. The molecule has 2 aromatic heterocycles. The Bertz CT molecular complexity index is 539. The Labute approximate surface area is 114 Å². The molecule has 0 aliphatic rings. The predicted molar refractivity (Wildman–Crippen MR) is 76.8 cm³/mol. The molecule has 88 valence electrons. The topological polar surface area (TPSA) is 38.9 Å². The molecule has 0 spiro atoms. The highest BCUT2D eigenvalue weighted by atomic mass is 35.5. The molecule has 0 aromatic carbocycles. The lowest BCUT2D eigenvalue weighted by molar-refractivity contribution is 0.759. The van der Waals surface area contributed by atoms with E-state index in [9.17, 15) is 0 Å². The van der Waals surface area contributed by atoms with Crippen LogP contribution in [0.4, 0.5) is 0 Å². The molecule has 17 heavy (non-hydrogen) atoms. The lowest BCUT2D eigenvalue weighted by Gasteiger charge is -2.26. The Hall–Kier alpha value is -0.970. The normalized spacial score (nSPS) is 14.2. The second-order valence-electron chi connectivity index (χ2n) is 3.81. The van der Waals surface area contributed by atoms with Gasteiger partial charge in [0, 0.05) is 4.88 Å². The van der Waals surface area contributed by atoms with E-state index < -0.39 is 5.41 Å². The molecule has 2 N–H and O–H groups in total. The van der Waals surface area contributed by atoms with Crippen LogP contribution in [0.25, 0.3) is 0 Å². The summed E-state index contributed by atoms with van der Waals surface area (Å²) in [5.41, 5.74) is 6.12. The van der Waals surface area contributed by atoms with Gasteiger partial charge in [0.15, 0.2) is 0 Å². The summed E-state index contributed by atoms with van der Waals surface area (Å²) < 4.78 is 0. The maximum atomic E-state index is 5.93. The minimum atomic E-state index is -0.561. The maximum Gasteiger partial charge on any atom is 0.129 e. The molecular weight excluding hydrogens is 272 g/mol. The fourth-order valence-corrected chi connectivity index (χ4v) is 2.98. The summed E-state index contributed by atoms with van der Waals surface area (Å²) in [7, 11) is 0. The van der Waals surface area contributed by atoms with Crippen molar-refractivity contribution in [2.75, 3.05) is 0 Å². The van der Waals surface area contributed by atoms with Crippen LogP contribution in [0.2, 0.25) is 5.15 Å². The molecule has 5 heteroatoms. The van der Waals surface area contributed by atoms with Crippen LogP contribution in [0, 0.1) is 0 Å². The third-order valence-electron chi connectivity index (χ3n) is 2.73. The van der Waals surface area contributed by atoms with Crippen molar-refractivity contribution in [1.82, 2.24) is 4.98 Å². The van der Waals surface area contributed by atoms with E-state index in [-0.39, 0.29) is 0 Å². The molecule has 0 radical (unpaired) electrons. The van der Waals surface area contributed by atoms with Gasteiger partial charge in [0.2, 0.25) is 0 Å². The van der Waals surface area contributed by atoms with Crippen molar-refractivity contribution in [1.29, 1.82) is 0 Å². The molecule has 0 aliphatic carbocycles. The van der Waals surface area contributed by atoms with Gasteiger partial charge in [-0.25, -0.2) is 4.98 Å². The lowest BCUT2D eigenvalue weighted by atomic mass is 9.84. The summed E-state index contributed by atoms with van der Waals surface area (Å²) in [5, 5.41) is 2.44. The fraction of sp³-hybridized carbons (Fsp3) is 0.167.